The van der Waals surface area contributed by atoms with E-state index in [2.05, 4.69) is 16.0 Å². The van der Waals surface area contributed by atoms with Crippen molar-refractivity contribution in [2.45, 2.75) is 56.3 Å². The molecule has 0 saturated heterocycles. The summed E-state index contributed by atoms with van der Waals surface area (Å²) in [6.45, 7) is 0. The van der Waals surface area contributed by atoms with Gasteiger partial charge in [0.05, 0.1) is 6.04 Å². The number of primary amides is 1. The number of nitrogens with two attached hydrogens (primary N) is 2. The first-order valence-corrected chi connectivity index (χ1v) is 13.9. The highest BCUT2D eigenvalue weighted by Crippen LogP contribution is 2.09. The van der Waals surface area contributed by atoms with Crippen LogP contribution in [0.2, 0.25) is 0 Å². The number of benzene rings is 3. The fourth-order valence-corrected chi connectivity index (χ4v) is 4.42. The molecule has 3 aromatic carbocycles. The highest BCUT2D eigenvalue weighted by atomic mass is 16.4. The fraction of sp³-hybridized carbons (Fsp3) is 0.281. The summed E-state index contributed by atoms with van der Waals surface area (Å²) in [6, 6.07) is 22.2. The molecule has 0 saturated carbocycles. The highest BCUT2D eigenvalue weighted by Gasteiger charge is 2.31. The summed E-state index contributed by atoms with van der Waals surface area (Å²) in [4.78, 5) is 63.2. The summed E-state index contributed by atoms with van der Waals surface area (Å²) < 4.78 is 0. The van der Waals surface area contributed by atoms with Crippen LogP contribution in [-0.4, -0.2) is 58.9 Å². The van der Waals surface area contributed by atoms with Crippen LogP contribution in [0.1, 0.15) is 29.5 Å². The lowest BCUT2D eigenvalue weighted by Gasteiger charge is -2.25. The summed E-state index contributed by atoms with van der Waals surface area (Å²) in [5, 5.41) is 17.7. The molecule has 3 rings (SSSR count). The maximum Gasteiger partial charge on any atom is 0.326 e. The Balaban J connectivity index is 1.82. The molecular weight excluding hydrogens is 550 g/mol. The van der Waals surface area contributed by atoms with Crippen LogP contribution in [0, 0.1) is 0 Å². The molecule has 0 heterocycles. The smallest absolute Gasteiger partial charge is 0.326 e. The number of hydrogen-bond donors (Lipinski definition) is 6. The first-order chi connectivity index (χ1) is 20.6. The monoisotopic (exact) mass is 587 g/mol. The van der Waals surface area contributed by atoms with Crippen molar-refractivity contribution < 1.29 is 29.1 Å². The number of aliphatic carboxylic acids is 1. The molecular formula is C32H37N5O6. The Kier molecular flexibility index (Phi) is 12.4. The van der Waals surface area contributed by atoms with E-state index in [0.29, 0.717) is 0 Å². The van der Waals surface area contributed by atoms with Crippen LogP contribution < -0.4 is 27.4 Å². The Morgan fingerprint density at radius 1 is 0.581 bits per heavy atom. The SMILES string of the molecule is NC(=O)CC[C@H](N)C(=O)N[C@@H](Cc1ccccc1)C(=O)N[C@@H](Cc1ccccc1)C(=O)N[C@@H](Cc1ccccc1)C(=O)O. The number of carboxylic acids is 1. The molecule has 8 N–H and O–H groups in total. The van der Waals surface area contributed by atoms with Crippen LogP contribution in [0.15, 0.2) is 91.0 Å². The topological polar surface area (TPSA) is 194 Å². The van der Waals surface area contributed by atoms with Gasteiger partial charge in [0.15, 0.2) is 0 Å². The van der Waals surface area contributed by atoms with Gasteiger partial charge in [-0.05, 0) is 23.1 Å². The molecule has 4 amide bonds. The largest absolute Gasteiger partial charge is 0.480 e. The van der Waals surface area contributed by atoms with E-state index in [0.717, 1.165) is 16.7 Å². The molecule has 0 aromatic heterocycles. The maximum absolute atomic E-state index is 13.7. The summed E-state index contributed by atoms with van der Waals surface area (Å²) >= 11 is 0. The second kappa shape index (κ2) is 16.4. The molecule has 11 nitrogen and oxygen atoms in total. The Morgan fingerprint density at radius 2 is 0.930 bits per heavy atom. The molecule has 0 fully saturated rings. The first-order valence-electron chi connectivity index (χ1n) is 13.9. The number of amides is 4. The zero-order valence-electron chi connectivity index (χ0n) is 23.6. The molecule has 3 aromatic rings. The van der Waals surface area contributed by atoms with Crippen molar-refractivity contribution in [1.29, 1.82) is 0 Å². The average molecular weight is 588 g/mol. The lowest BCUT2D eigenvalue weighted by Crippen LogP contribution is -2.58. The van der Waals surface area contributed by atoms with Crippen LogP contribution in [0.25, 0.3) is 0 Å². The van der Waals surface area contributed by atoms with Gasteiger partial charge in [-0.25, -0.2) is 4.79 Å². The number of carboxylic acid groups (broad SMARTS) is 1. The van der Waals surface area contributed by atoms with Crippen molar-refractivity contribution in [3.63, 3.8) is 0 Å². The first kappa shape index (κ1) is 32.5. The van der Waals surface area contributed by atoms with Crippen LogP contribution in [0.5, 0.6) is 0 Å². The van der Waals surface area contributed by atoms with Gasteiger partial charge in [-0.2, -0.15) is 0 Å². The number of carbonyl (C=O) groups is 5. The minimum absolute atomic E-state index is 0.00211. The van der Waals surface area contributed by atoms with Crippen LogP contribution in [0.3, 0.4) is 0 Å². The molecule has 0 unspecified atom stereocenters. The standard InChI is InChI=1S/C32H37N5O6/c33-24(16-17-28(34)38)29(39)35-25(18-21-10-4-1-5-11-21)30(40)36-26(19-22-12-6-2-7-13-22)31(41)37-27(32(42)43)20-23-14-8-3-9-15-23/h1-15,24-27H,16-20,33H2,(H2,34,38)(H,35,39)(H,36,40)(H,37,41)(H,42,43)/t24-,25-,26-,27-/m0/s1. The molecule has 0 aliphatic rings. The Bertz CT molecular complexity index is 1370. The van der Waals surface area contributed by atoms with Gasteiger partial charge in [0.2, 0.25) is 23.6 Å². The van der Waals surface area contributed by atoms with E-state index < -0.39 is 53.8 Å². The van der Waals surface area contributed by atoms with E-state index in [-0.39, 0.29) is 32.1 Å². The lowest BCUT2D eigenvalue weighted by molar-refractivity contribution is -0.142. The van der Waals surface area contributed by atoms with Gasteiger partial charge in [-0.15, -0.1) is 0 Å². The van der Waals surface area contributed by atoms with E-state index in [4.69, 9.17) is 11.5 Å². The average Bonchev–Trinajstić information content (AvgIpc) is 3.00. The van der Waals surface area contributed by atoms with E-state index in [9.17, 15) is 29.1 Å². The minimum atomic E-state index is -1.24. The van der Waals surface area contributed by atoms with Crippen molar-refractivity contribution in [1.82, 2.24) is 16.0 Å². The third-order valence-electron chi connectivity index (χ3n) is 6.77. The van der Waals surface area contributed by atoms with Crippen LogP contribution in [-0.2, 0) is 43.2 Å². The molecule has 0 aliphatic carbocycles. The van der Waals surface area contributed by atoms with Crippen molar-refractivity contribution in [2.24, 2.45) is 11.5 Å². The maximum atomic E-state index is 13.7. The van der Waals surface area contributed by atoms with Crippen molar-refractivity contribution in [3.05, 3.63) is 108 Å². The summed E-state index contributed by atoms with van der Waals surface area (Å²) in [6.07, 6.45) is 0.103. The van der Waals surface area contributed by atoms with Crippen molar-refractivity contribution in [3.8, 4) is 0 Å². The molecule has 11 heteroatoms. The summed E-state index contributed by atoms with van der Waals surface area (Å²) in [5.41, 5.74) is 13.3. The predicted octanol–water partition coefficient (Wildman–Crippen LogP) is 0.846. The van der Waals surface area contributed by atoms with Gasteiger partial charge in [-0.3, -0.25) is 19.2 Å². The molecule has 0 radical (unpaired) electrons. The number of rotatable bonds is 16. The van der Waals surface area contributed by atoms with E-state index in [1.807, 2.05) is 12.1 Å². The number of nitrogens with one attached hydrogen (secondary N) is 3. The predicted molar refractivity (Wildman–Crippen MR) is 160 cm³/mol. The number of carbonyl (C=O) groups excluding carboxylic acids is 4. The molecule has 0 spiro atoms. The normalized spacial score (nSPS) is 13.5. The molecule has 226 valence electrons. The second-order valence-electron chi connectivity index (χ2n) is 10.2. The third-order valence-corrected chi connectivity index (χ3v) is 6.77. The third kappa shape index (κ3) is 11.0. The zero-order chi connectivity index (χ0) is 31.2. The Hall–Kier alpha value is -5.03. The van der Waals surface area contributed by atoms with Gasteiger partial charge in [0, 0.05) is 25.7 Å². The molecule has 0 bridgehead atoms. The summed E-state index contributed by atoms with van der Waals surface area (Å²) in [5.74, 6) is -3.84. The van der Waals surface area contributed by atoms with E-state index >= 15 is 0 Å². The van der Waals surface area contributed by atoms with Gasteiger partial charge < -0.3 is 32.5 Å². The van der Waals surface area contributed by atoms with Gasteiger partial charge >= 0.3 is 5.97 Å². The second-order valence-corrected chi connectivity index (χ2v) is 10.2. The van der Waals surface area contributed by atoms with Crippen LogP contribution in [0.4, 0.5) is 0 Å². The quantitative estimate of drug-likeness (QED) is 0.143. The van der Waals surface area contributed by atoms with Crippen molar-refractivity contribution in [2.75, 3.05) is 0 Å². The lowest BCUT2D eigenvalue weighted by atomic mass is 10.0. The van der Waals surface area contributed by atoms with Crippen LogP contribution >= 0.6 is 0 Å². The highest BCUT2D eigenvalue weighted by molar-refractivity contribution is 5.94. The number of hydrogen-bond acceptors (Lipinski definition) is 6. The molecule has 4 atom stereocenters. The molecule has 43 heavy (non-hydrogen) atoms. The van der Waals surface area contributed by atoms with E-state index in [1.54, 1.807) is 78.9 Å². The van der Waals surface area contributed by atoms with Gasteiger partial charge in [0.25, 0.3) is 0 Å². The summed E-state index contributed by atoms with van der Waals surface area (Å²) in [7, 11) is 0. The zero-order valence-corrected chi connectivity index (χ0v) is 23.6. The van der Waals surface area contributed by atoms with Gasteiger partial charge in [0.1, 0.15) is 18.1 Å². The minimum Gasteiger partial charge on any atom is -0.480 e. The van der Waals surface area contributed by atoms with Gasteiger partial charge in [-0.1, -0.05) is 91.0 Å². The fourth-order valence-electron chi connectivity index (χ4n) is 4.42. The Morgan fingerprint density at radius 3 is 1.30 bits per heavy atom. The van der Waals surface area contributed by atoms with E-state index in [1.165, 1.54) is 0 Å². The Labute approximate surface area is 250 Å². The molecule has 0 aliphatic heterocycles. The van der Waals surface area contributed by atoms with Crippen molar-refractivity contribution >= 4 is 29.6 Å².